The van der Waals surface area contributed by atoms with E-state index >= 15 is 0 Å². The lowest BCUT2D eigenvalue weighted by atomic mass is 9.90. The molecule has 18 heavy (non-hydrogen) atoms. The van der Waals surface area contributed by atoms with Crippen molar-refractivity contribution in [3.05, 3.63) is 23.0 Å². The van der Waals surface area contributed by atoms with E-state index < -0.39 is 0 Å². The molecule has 2 aromatic heterocycles. The lowest BCUT2D eigenvalue weighted by molar-refractivity contribution is 0.376. The summed E-state index contributed by atoms with van der Waals surface area (Å²) in [6, 6.07) is 0. The maximum Gasteiger partial charge on any atom is 0.194 e. The number of hydrogen-bond acceptors (Lipinski definition) is 2. The van der Waals surface area contributed by atoms with E-state index in [1.165, 1.54) is 17.8 Å². The molecule has 0 aliphatic rings. The Hall–Kier alpha value is -0.830. The third kappa shape index (κ3) is 2.94. The molecule has 0 aromatic carbocycles. The molecule has 1 unspecified atom stereocenters. The van der Waals surface area contributed by atoms with Crippen molar-refractivity contribution in [3.63, 3.8) is 0 Å². The van der Waals surface area contributed by atoms with Crippen molar-refractivity contribution < 1.29 is 0 Å². The van der Waals surface area contributed by atoms with Gasteiger partial charge >= 0.3 is 0 Å². The van der Waals surface area contributed by atoms with Gasteiger partial charge in [0.25, 0.3) is 0 Å². The van der Waals surface area contributed by atoms with E-state index in [0.717, 1.165) is 17.8 Å². The van der Waals surface area contributed by atoms with Crippen molar-refractivity contribution in [3.8, 4) is 0 Å². The van der Waals surface area contributed by atoms with Crippen LogP contribution in [0, 0.1) is 5.41 Å². The Morgan fingerprint density at radius 2 is 2.11 bits per heavy atom. The van der Waals surface area contributed by atoms with Crippen LogP contribution in [-0.4, -0.2) is 9.38 Å². The predicted molar refractivity (Wildman–Crippen MR) is 79.6 cm³/mol. The van der Waals surface area contributed by atoms with Crippen molar-refractivity contribution in [2.45, 2.75) is 59.8 Å². The van der Waals surface area contributed by atoms with Crippen LogP contribution in [0.15, 0.2) is 11.6 Å². The van der Waals surface area contributed by atoms with Gasteiger partial charge in [-0.15, -0.1) is 11.3 Å². The number of aryl methyl sites for hydroxylation is 1. The molecule has 2 aromatic rings. The molecule has 0 bridgehead atoms. The van der Waals surface area contributed by atoms with E-state index in [9.17, 15) is 0 Å². The minimum absolute atomic E-state index is 0.397. The summed E-state index contributed by atoms with van der Waals surface area (Å²) in [5.41, 5.74) is 3.04. The number of nitrogens with zero attached hydrogens (tertiary/aromatic N) is 2. The Balaban J connectivity index is 2.21. The zero-order valence-electron chi connectivity index (χ0n) is 12.2. The summed E-state index contributed by atoms with van der Waals surface area (Å²) in [5.74, 6) is 0.563. The maximum absolute atomic E-state index is 4.73. The molecule has 1 atom stereocenters. The Morgan fingerprint density at radius 3 is 2.72 bits per heavy atom. The van der Waals surface area contributed by atoms with Gasteiger partial charge in [-0.25, -0.2) is 4.98 Å². The molecular formula is C15H24N2S. The van der Waals surface area contributed by atoms with Crippen molar-refractivity contribution in [2.75, 3.05) is 0 Å². The molecule has 0 fully saturated rings. The maximum atomic E-state index is 4.73. The molecule has 100 valence electrons. The first-order chi connectivity index (χ1) is 8.40. The molecule has 2 rings (SSSR count). The number of rotatable bonds is 4. The molecule has 0 aliphatic heterocycles. The van der Waals surface area contributed by atoms with Gasteiger partial charge in [-0.05, 0) is 30.6 Å². The normalized spacial score (nSPS) is 14.3. The van der Waals surface area contributed by atoms with Crippen LogP contribution in [0.1, 0.15) is 64.8 Å². The standard InChI is InChI=1S/C15H24N2S/c1-6-11(2)13-9-17-12(7-8-15(3,4)5)10-18-14(17)16-13/h9-11H,6-8H2,1-5H3. The molecule has 0 saturated carbocycles. The lowest BCUT2D eigenvalue weighted by Crippen LogP contribution is -2.07. The van der Waals surface area contributed by atoms with E-state index in [1.807, 2.05) is 0 Å². The highest BCUT2D eigenvalue weighted by atomic mass is 32.1. The smallest absolute Gasteiger partial charge is 0.194 e. The lowest BCUT2D eigenvalue weighted by Gasteiger charge is -2.17. The van der Waals surface area contributed by atoms with E-state index in [0.29, 0.717) is 11.3 Å². The zero-order chi connectivity index (χ0) is 13.3. The largest absolute Gasteiger partial charge is 0.294 e. The van der Waals surface area contributed by atoms with Crippen LogP contribution in [0.2, 0.25) is 0 Å². The van der Waals surface area contributed by atoms with Gasteiger partial charge in [-0.3, -0.25) is 4.40 Å². The fraction of sp³-hybridized carbons (Fsp3) is 0.667. The average molecular weight is 264 g/mol. The number of fused-ring (bicyclic) bond motifs is 1. The number of imidazole rings is 1. The SMILES string of the molecule is CCC(C)c1cn2c(CCC(C)(C)C)csc2n1. The molecule has 0 amide bonds. The van der Waals surface area contributed by atoms with Crippen LogP contribution in [0.25, 0.3) is 4.96 Å². The first-order valence-electron chi connectivity index (χ1n) is 6.86. The summed E-state index contributed by atoms with van der Waals surface area (Å²) in [6.07, 6.45) is 5.75. The molecular weight excluding hydrogens is 240 g/mol. The highest BCUT2D eigenvalue weighted by Gasteiger charge is 2.15. The molecule has 2 heterocycles. The Labute approximate surface area is 114 Å². The fourth-order valence-electron chi connectivity index (χ4n) is 1.98. The topological polar surface area (TPSA) is 17.3 Å². The Bertz CT molecular complexity index is 516. The van der Waals surface area contributed by atoms with Crippen LogP contribution in [0.5, 0.6) is 0 Å². The van der Waals surface area contributed by atoms with Gasteiger partial charge in [0.15, 0.2) is 4.96 Å². The molecule has 0 saturated heterocycles. The Morgan fingerprint density at radius 1 is 1.39 bits per heavy atom. The van der Waals surface area contributed by atoms with Crippen LogP contribution >= 0.6 is 11.3 Å². The monoisotopic (exact) mass is 264 g/mol. The van der Waals surface area contributed by atoms with E-state index in [4.69, 9.17) is 4.98 Å². The number of thiazole rings is 1. The second kappa shape index (κ2) is 5.04. The van der Waals surface area contributed by atoms with Crippen molar-refractivity contribution in [1.82, 2.24) is 9.38 Å². The quantitative estimate of drug-likeness (QED) is 0.768. The molecule has 0 N–H and O–H groups in total. The van der Waals surface area contributed by atoms with Gasteiger partial charge < -0.3 is 0 Å². The van der Waals surface area contributed by atoms with Crippen molar-refractivity contribution >= 4 is 16.3 Å². The highest BCUT2D eigenvalue weighted by molar-refractivity contribution is 7.15. The summed E-state index contributed by atoms with van der Waals surface area (Å²) < 4.78 is 2.29. The van der Waals surface area contributed by atoms with E-state index in [-0.39, 0.29) is 0 Å². The van der Waals surface area contributed by atoms with Gasteiger partial charge in [0.2, 0.25) is 0 Å². The summed E-state index contributed by atoms with van der Waals surface area (Å²) in [4.78, 5) is 5.88. The van der Waals surface area contributed by atoms with Crippen LogP contribution < -0.4 is 0 Å². The van der Waals surface area contributed by atoms with Gasteiger partial charge in [-0.2, -0.15) is 0 Å². The van der Waals surface area contributed by atoms with Crippen LogP contribution in [0.4, 0.5) is 0 Å². The zero-order valence-corrected chi connectivity index (χ0v) is 13.0. The second-order valence-corrected chi connectivity index (χ2v) is 7.25. The van der Waals surface area contributed by atoms with Crippen molar-refractivity contribution in [2.24, 2.45) is 5.41 Å². The average Bonchev–Trinajstić information content (AvgIpc) is 2.84. The third-order valence-electron chi connectivity index (χ3n) is 3.55. The minimum atomic E-state index is 0.397. The first-order valence-corrected chi connectivity index (χ1v) is 7.74. The summed E-state index contributed by atoms with van der Waals surface area (Å²) in [7, 11) is 0. The van der Waals surface area contributed by atoms with Crippen LogP contribution in [0.3, 0.4) is 0 Å². The second-order valence-electron chi connectivity index (χ2n) is 6.42. The van der Waals surface area contributed by atoms with Gasteiger partial charge in [0, 0.05) is 17.3 Å². The molecule has 0 spiro atoms. The van der Waals surface area contributed by atoms with Crippen molar-refractivity contribution in [1.29, 1.82) is 0 Å². The first kappa shape index (κ1) is 13.6. The third-order valence-corrected chi connectivity index (χ3v) is 4.44. The molecule has 3 heteroatoms. The van der Waals surface area contributed by atoms with Gasteiger partial charge in [0.1, 0.15) is 0 Å². The fourth-order valence-corrected chi connectivity index (χ4v) is 2.89. The minimum Gasteiger partial charge on any atom is -0.294 e. The van der Waals surface area contributed by atoms with E-state index in [1.54, 1.807) is 11.3 Å². The summed E-state index contributed by atoms with van der Waals surface area (Å²) in [6.45, 7) is 11.4. The molecule has 0 aliphatic carbocycles. The summed E-state index contributed by atoms with van der Waals surface area (Å²) >= 11 is 1.77. The van der Waals surface area contributed by atoms with Crippen LogP contribution in [-0.2, 0) is 6.42 Å². The summed E-state index contributed by atoms with van der Waals surface area (Å²) in [5, 5.41) is 2.26. The molecule has 0 radical (unpaired) electrons. The number of hydrogen-bond donors (Lipinski definition) is 0. The van der Waals surface area contributed by atoms with Gasteiger partial charge in [-0.1, -0.05) is 34.6 Å². The number of aromatic nitrogens is 2. The predicted octanol–water partition coefficient (Wildman–Crippen LogP) is 4.89. The molecule has 2 nitrogen and oxygen atoms in total. The van der Waals surface area contributed by atoms with Gasteiger partial charge in [0.05, 0.1) is 5.69 Å². The van der Waals surface area contributed by atoms with E-state index in [2.05, 4.69) is 50.6 Å². The highest BCUT2D eigenvalue weighted by Crippen LogP contribution is 2.26. The Kier molecular flexibility index (Phi) is 3.81.